The van der Waals surface area contributed by atoms with E-state index in [0.717, 1.165) is 29.2 Å². The maximum absolute atomic E-state index is 13.8. The molecule has 0 radical (unpaired) electrons. The lowest BCUT2D eigenvalue weighted by Crippen LogP contribution is -2.05. The summed E-state index contributed by atoms with van der Waals surface area (Å²) in [7, 11) is 0. The van der Waals surface area contributed by atoms with Gasteiger partial charge in [-0.25, -0.2) is 19.3 Å². The molecule has 1 N–H and O–H groups in total. The Hall–Kier alpha value is -1.69. The number of rotatable bonds is 5. The topological polar surface area (TPSA) is 50.7 Å². The first-order valence-corrected chi connectivity index (χ1v) is 7.29. The highest BCUT2D eigenvalue weighted by Crippen LogP contribution is 2.27. The first kappa shape index (κ1) is 14.7. The number of nitrogens with one attached hydrogen (secondary N) is 1. The molecule has 0 fully saturated rings. The lowest BCUT2D eigenvalue weighted by molar-refractivity contribution is 0.579. The summed E-state index contributed by atoms with van der Waals surface area (Å²) in [5.41, 5.74) is 2.00. The van der Waals surface area contributed by atoms with Crippen molar-refractivity contribution in [3.63, 3.8) is 0 Å². The van der Waals surface area contributed by atoms with Crippen LogP contribution in [-0.4, -0.2) is 21.5 Å². The Morgan fingerprint density at radius 2 is 2.05 bits per heavy atom. The molecule has 6 heteroatoms. The number of hydrogen-bond donors (Lipinski definition) is 1. The van der Waals surface area contributed by atoms with Crippen LogP contribution < -0.4 is 5.32 Å². The van der Waals surface area contributed by atoms with Gasteiger partial charge in [0.15, 0.2) is 5.82 Å². The molecule has 0 aliphatic carbocycles. The van der Waals surface area contributed by atoms with Crippen molar-refractivity contribution < 1.29 is 4.39 Å². The smallest absolute Gasteiger partial charge is 0.223 e. The van der Waals surface area contributed by atoms with E-state index in [-0.39, 0.29) is 5.03 Å². The van der Waals surface area contributed by atoms with E-state index >= 15 is 0 Å². The average Bonchev–Trinajstić information content (AvgIpc) is 2.38. The number of aromatic nitrogens is 3. The highest BCUT2D eigenvalue weighted by molar-refractivity contribution is 7.99. The van der Waals surface area contributed by atoms with Gasteiger partial charge in [-0.3, -0.25) is 0 Å². The van der Waals surface area contributed by atoms with Crippen molar-refractivity contribution in [1.82, 2.24) is 15.0 Å². The third kappa shape index (κ3) is 3.90. The van der Waals surface area contributed by atoms with Crippen LogP contribution in [0.3, 0.4) is 0 Å². The van der Waals surface area contributed by atoms with Gasteiger partial charge in [-0.05, 0) is 49.7 Å². The zero-order valence-electron chi connectivity index (χ0n) is 11.8. The van der Waals surface area contributed by atoms with Gasteiger partial charge in [0.1, 0.15) is 10.1 Å². The monoisotopic (exact) mass is 292 g/mol. The van der Waals surface area contributed by atoms with Crippen LogP contribution in [0, 0.1) is 19.7 Å². The van der Waals surface area contributed by atoms with Gasteiger partial charge in [0.2, 0.25) is 5.95 Å². The van der Waals surface area contributed by atoms with E-state index in [1.807, 2.05) is 32.9 Å². The Labute approximate surface area is 122 Å². The molecule has 0 amide bonds. The Morgan fingerprint density at radius 3 is 2.75 bits per heavy atom. The van der Waals surface area contributed by atoms with Gasteiger partial charge in [0.05, 0.1) is 6.20 Å². The van der Waals surface area contributed by atoms with Crippen LogP contribution in [0.2, 0.25) is 0 Å². The molecule has 0 aliphatic rings. The van der Waals surface area contributed by atoms with Gasteiger partial charge in [0, 0.05) is 12.2 Å². The van der Waals surface area contributed by atoms with E-state index in [1.54, 1.807) is 0 Å². The van der Waals surface area contributed by atoms with Gasteiger partial charge in [0.25, 0.3) is 0 Å². The van der Waals surface area contributed by atoms with Crippen LogP contribution in [0.15, 0.2) is 28.4 Å². The highest BCUT2D eigenvalue weighted by atomic mass is 32.2. The summed E-state index contributed by atoms with van der Waals surface area (Å²) < 4.78 is 13.8. The summed E-state index contributed by atoms with van der Waals surface area (Å²) in [5.74, 6) is 0.0122. The van der Waals surface area contributed by atoms with E-state index in [4.69, 9.17) is 0 Å². The van der Waals surface area contributed by atoms with Crippen molar-refractivity contribution in [3.05, 3.63) is 35.4 Å². The number of anilines is 1. The summed E-state index contributed by atoms with van der Waals surface area (Å²) in [6, 6.07) is 3.90. The third-order valence-corrected chi connectivity index (χ3v) is 3.42. The minimum absolute atomic E-state index is 0.288. The number of aryl methyl sites for hydroxylation is 2. The fraction of sp³-hybridized carbons (Fsp3) is 0.357. The summed E-state index contributed by atoms with van der Waals surface area (Å²) in [4.78, 5) is 12.5. The Balaban J connectivity index is 2.23. The predicted octanol–water partition coefficient (Wildman–Crippen LogP) is 3.60. The van der Waals surface area contributed by atoms with Crippen molar-refractivity contribution in [2.24, 2.45) is 0 Å². The molecule has 2 heterocycles. The van der Waals surface area contributed by atoms with Crippen LogP contribution >= 0.6 is 11.8 Å². The molecule has 0 saturated heterocycles. The number of pyridine rings is 1. The van der Waals surface area contributed by atoms with Crippen molar-refractivity contribution in [2.75, 3.05) is 11.9 Å². The number of hydrogen-bond acceptors (Lipinski definition) is 5. The normalized spacial score (nSPS) is 10.6. The van der Waals surface area contributed by atoms with Gasteiger partial charge in [-0.2, -0.15) is 0 Å². The zero-order valence-corrected chi connectivity index (χ0v) is 12.6. The van der Waals surface area contributed by atoms with Crippen molar-refractivity contribution in [1.29, 1.82) is 0 Å². The average molecular weight is 292 g/mol. The molecular formula is C14H17FN4S. The van der Waals surface area contributed by atoms with Crippen LogP contribution in [-0.2, 0) is 0 Å². The molecule has 4 nitrogen and oxygen atoms in total. The molecule has 106 valence electrons. The van der Waals surface area contributed by atoms with E-state index in [1.165, 1.54) is 18.0 Å². The second-order valence-corrected chi connectivity index (χ2v) is 5.51. The van der Waals surface area contributed by atoms with Gasteiger partial charge < -0.3 is 5.32 Å². The molecule has 0 saturated carbocycles. The number of halogens is 1. The second-order valence-electron chi connectivity index (χ2n) is 4.50. The predicted molar refractivity (Wildman–Crippen MR) is 78.6 cm³/mol. The first-order chi connectivity index (χ1) is 9.58. The van der Waals surface area contributed by atoms with E-state index in [2.05, 4.69) is 20.3 Å². The maximum Gasteiger partial charge on any atom is 0.223 e. The molecule has 20 heavy (non-hydrogen) atoms. The largest absolute Gasteiger partial charge is 0.354 e. The van der Waals surface area contributed by atoms with Crippen LogP contribution in [0.4, 0.5) is 10.3 Å². The maximum atomic E-state index is 13.8. The Morgan fingerprint density at radius 1 is 1.25 bits per heavy atom. The Kier molecular flexibility index (Phi) is 4.89. The SMILES string of the molecule is CCCNc1ncc(F)c(Sc2cc(C)cc(C)n2)n1. The summed E-state index contributed by atoms with van der Waals surface area (Å²) in [5, 5.41) is 4.07. The van der Waals surface area contributed by atoms with Crippen LogP contribution in [0.5, 0.6) is 0 Å². The minimum Gasteiger partial charge on any atom is -0.354 e. The molecule has 0 spiro atoms. The molecular weight excluding hydrogens is 275 g/mol. The molecule has 2 aromatic heterocycles. The van der Waals surface area contributed by atoms with Crippen LogP contribution in [0.1, 0.15) is 24.6 Å². The zero-order chi connectivity index (χ0) is 14.5. The minimum atomic E-state index is -0.432. The summed E-state index contributed by atoms with van der Waals surface area (Å²) in [6.07, 6.45) is 2.15. The molecule has 0 bridgehead atoms. The number of nitrogens with zero attached hydrogens (tertiary/aromatic N) is 3. The lowest BCUT2D eigenvalue weighted by atomic mass is 10.3. The summed E-state index contributed by atoms with van der Waals surface area (Å²) >= 11 is 1.21. The van der Waals surface area contributed by atoms with E-state index in [0.29, 0.717) is 5.95 Å². The Bertz CT molecular complexity index is 583. The van der Waals surface area contributed by atoms with Crippen molar-refractivity contribution in [2.45, 2.75) is 37.2 Å². The van der Waals surface area contributed by atoms with E-state index < -0.39 is 5.82 Å². The first-order valence-electron chi connectivity index (χ1n) is 6.48. The van der Waals surface area contributed by atoms with Crippen molar-refractivity contribution >= 4 is 17.7 Å². The quantitative estimate of drug-likeness (QED) is 0.853. The molecule has 0 aliphatic heterocycles. The highest BCUT2D eigenvalue weighted by Gasteiger charge is 2.10. The third-order valence-electron chi connectivity index (χ3n) is 2.52. The fourth-order valence-corrected chi connectivity index (χ4v) is 2.62. The molecule has 2 rings (SSSR count). The van der Waals surface area contributed by atoms with Crippen LogP contribution in [0.25, 0.3) is 0 Å². The lowest BCUT2D eigenvalue weighted by Gasteiger charge is -2.07. The molecule has 0 aromatic carbocycles. The summed E-state index contributed by atoms with van der Waals surface area (Å²) in [6.45, 7) is 6.72. The molecule has 0 atom stereocenters. The van der Waals surface area contributed by atoms with Crippen molar-refractivity contribution in [3.8, 4) is 0 Å². The standard InChI is InChI=1S/C14H17FN4S/c1-4-5-16-14-17-8-11(15)13(19-14)20-12-7-9(2)6-10(3)18-12/h6-8H,4-5H2,1-3H3,(H,16,17,19). The molecule has 2 aromatic rings. The van der Waals surface area contributed by atoms with Gasteiger partial charge in [-0.15, -0.1) is 0 Å². The molecule has 0 unspecified atom stereocenters. The van der Waals surface area contributed by atoms with Gasteiger partial charge in [-0.1, -0.05) is 6.92 Å². The second kappa shape index (κ2) is 6.65. The van der Waals surface area contributed by atoms with E-state index in [9.17, 15) is 4.39 Å². The fourth-order valence-electron chi connectivity index (χ4n) is 1.70. The van der Waals surface area contributed by atoms with Gasteiger partial charge >= 0.3 is 0 Å².